The molecule has 3 atom stereocenters. The Labute approximate surface area is 166 Å². The van der Waals surface area contributed by atoms with Crippen molar-refractivity contribution in [2.24, 2.45) is 11.3 Å². The van der Waals surface area contributed by atoms with Gasteiger partial charge in [-0.1, -0.05) is 45.7 Å². The smallest absolute Gasteiger partial charge is 0.326 e. The fourth-order valence-corrected chi connectivity index (χ4v) is 4.33. The van der Waals surface area contributed by atoms with E-state index in [2.05, 4.69) is 5.32 Å². The van der Waals surface area contributed by atoms with Gasteiger partial charge in [-0.2, -0.15) is 0 Å². The van der Waals surface area contributed by atoms with E-state index >= 15 is 0 Å². The Morgan fingerprint density at radius 3 is 2.36 bits per heavy atom. The number of carboxylic acid groups (broad SMARTS) is 1. The normalized spacial score (nSPS) is 24.5. The lowest BCUT2D eigenvalue weighted by Gasteiger charge is -2.33. The Kier molecular flexibility index (Phi) is 5.77. The Balaban J connectivity index is 1.71. The molecule has 2 fully saturated rings. The molecule has 1 saturated carbocycles. The largest absolute Gasteiger partial charge is 0.480 e. The standard InChI is InChI=1S/C22H30N2O4/c1-22(2,3)21(28)23-13-14-8-10-15(11-9-14)19(25)24-17-7-5-4-6-16(17)12-18(24)20(26)27/h8-11,16-18H,4-7,12-13H2,1-3H3,(H,23,28)(H,26,27). The van der Waals surface area contributed by atoms with Crippen LogP contribution >= 0.6 is 0 Å². The number of carboxylic acids is 1. The van der Waals surface area contributed by atoms with E-state index in [4.69, 9.17) is 0 Å². The summed E-state index contributed by atoms with van der Waals surface area (Å²) in [6.45, 7) is 5.98. The van der Waals surface area contributed by atoms with Gasteiger partial charge in [0.25, 0.3) is 5.91 Å². The van der Waals surface area contributed by atoms with Crippen LogP contribution in [0.4, 0.5) is 0 Å². The summed E-state index contributed by atoms with van der Waals surface area (Å²) in [5.41, 5.74) is 0.956. The molecule has 2 aliphatic rings. The molecule has 2 N–H and O–H groups in total. The van der Waals surface area contributed by atoms with E-state index in [-0.39, 0.29) is 17.9 Å². The molecular weight excluding hydrogens is 356 g/mol. The van der Waals surface area contributed by atoms with Crippen molar-refractivity contribution in [3.8, 4) is 0 Å². The Hall–Kier alpha value is -2.37. The number of hydrogen-bond donors (Lipinski definition) is 2. The first-order chi connectivity index (χ1) is 13.2. The minimum absolute atomic E-state index is 0.0302. The number of rotatable bonds is 4. The maximum atomic E-state index is 13.1. The van der Waals surface area contributed by atoms with Crippen LogP contribution in [0.2, 0.25) is 0 Å². The van der Waals surface area contributed by atoms with Gasteiger partial charge in [-0.25, -0.2) is 4.79 Å². The molecule has 1 heterocycles. The molecule has 0 spiro atoms. The van der Waals surface area contributed by atoms with Crippen molar-refractivity contribution in [3.63, 3.8) is 0 Å². The van der Waals surface area contributed by atoms with Crippen LogP contribution in [0, 0.1) is 11.3 Å². The quantitative estimate of drug-likeness (QED) is 0.832. The highest BCUT2D eigenvalue weighted by atomic mass is 16.4. The molecule has 1 aromatic carbocycles. The number of amides is 2. The summed E-state index contributed by atoms with van der Waals surface area (Å²) in [5.74, 6) is -0.848. The molecule has 1 aliphatic carbocycles. The first kappa shape index (κ1) is 20.4. The molecule has 152 valence electrons. The van der Waals surface area contributed by atoms with Crippen molar-refractivity contribution in [2.75, 3.05) is 0 Å². The zero-order valence-electron chi connectivity index (χ0n) is 16.9. The molecule has 28 heavy (non-hydrogen) atoms. The number of fused-ring (bicyclic) bond motifs is 1. The van der Waals surface area contributed by atoms with Gasteiger partial charge in [0.05, 0.1) is 0 Å². The number of aliphatic carboxylic acids is 1. The lowest BCUT2D eigenvalue weighted by Crippen LogP contribution is -2.46. The molecule has 3 rings (SSSR count). The van der Waals surface area contributed by atoms with Gasteiger partial charge in [-0.15, -0.1) is 0 Å². The Bertz CT molecular complexity index is 751. The Morgan fingerprint density at radius 1 is 1.11 bits per heavy atom. The van der Waals surface area contributed by atoms with Crippen LogP contribution < -0.4 is 5.32 Å². The molecule has 3 unspecified atom stereocenters. The number of carbonyl (C=O) groups excluding carboxylic acids is 2. The molecule has 0 bridgehead atoms. The minimum Gasteiger partial charge on any atom is -0.480 e. The lowest BCUT2D eigenvalue weighted by atomic mass is 9.84. The molecule has 6 nitrogen and oxygen atoms in total. The van der Waals surface area contributed by atoms with Gasteiger partial charge >= 0.3 is 5.97 Å². The van der Waals surface area contributed by atoms with Crippen molar-refractivity contribution in [3.05, 3.63) is 35.4 Å². The summed E-state index contributed by atoms with van der Waals surface area (Å²) < 4.78 is 0. The highest BCUT2D eigenvalue weighted by molar-refractivity contribution is 5.97. The van der Waals surface area contributed by atoms with Gasteiger partial charge in [0.1, 0.15) is 6.04 Å². The molecule has 6 heteroatoms. The van der Waals surface area contributed by atoms with Crippen LogP contribution in [0.3, 0.4) is 0 Å². The second-order valence-electron chi connectivity index (χ2n) is 9.04. The van der Waals surface area contributed by atoms with Crippen LogP contribution in [0.5, 0.6) is 0 Å². The number of benzene rings is 1. The predicted molar refractivity (Wildman–Crippen MR) is 106 cm³/mol. The van der Waals surface area contributed by atoms with Gasteiger partial charge in [0, 0.05) is 23.6 Å². The van der Waals surface area contributed by atoms with Gasteiger partial charge in [0.2, 0.25) is 5.91 Å². The van der Waals surface area contributed by atoms with E-state index in [0.717, 1.165) is 31.2 Å². The third-order valence-electron chi connectivity index (χ3n) is 5.94. The zero-order valence-corrected chi connectivity index (χ0v) is 16.9. The van der Waals surface area contributed by atoms with Crippen LogP contribution in [0.15, 0.2) is 24.3 Å². The summed E-state index contributed by atoms with van der Waals surface area (Å²) in [6, 6.07) is 6.41. The first-order valence-corrected chi connectivity index (χ1v) is 10.1. The van der Waals surface area contributed by atoms with E-state index in [1.165, 1.54) is 0 Å². The fraction of sp³-hybridized carbons (Fsp3) is 0.591. The first-order valence-electron chi connectivity index (χ1n) is 10.1. The second-order valence-corrected chi connectivity index (χ2v) is 9.04. The van der Waals surface area contributed by atoms with Crippen LogP contribution in [-0.4, -0.2) is 39.9 Å². The van der Waals surface area contributed by atoms with E-state index in [9.17, 15) is 19.5 Å². The fourth-order valence-electron chi connectivity index (χ4n) is 4.33. The lowest BCUT2D eigenvalue weighted by molar-refractivity contribution is -0.141. The van der Waals surface area contributed by atoms with Crippen molar-refractivity contribution in [2.45, 2.75) is 71.5 Å². The van der Waals surface area contributed by atoms with Crippen molar-refractivity contribution >= 4 is 17.8 Å². The Morgan fingerprint density at radius 2 is 1.75 bits per heavy atom. The van der Waals surface area contributed by atoms with E-state index in [1.54, 1.807) is 17.0 Å². The molecule has 1 aromatic rings. The highest BCUT2D eigenvalue weighted by Crippen LogP contribution is 2.40. The average Bonchev–Trinajstić information content (AvgIpc) is 3.05. The van der Waals surface area contributed by atoms with Crippen molar-refractivity contribution in [1.29, 1.82) is 0 Å². The van der Waals surface area contributed by atoms with E-state index in [1.807, 2.05) is 32.9 Å². The molecule has 0 aromatic heterocycles. The highest BCUT2D eigenvalue weighted by Gasteiger charge is 2.47. The summed E-state index contributed by atoms with van der Waals surface area (Å²) >= 11 is 0. The van der Waals surface area contributed by atoms with E-state index < -0.39 is 17.4 Å². The molecule has 0 radical (unpaired) electrons. The topological polar surface area (TPSA) is 86.7 Å². The van der Waals surface area contributed by atoms with Crippen LogP contribution in [-0.2, 0) is 16.1 Å². The predicted octanol–water partition coefficient (Wildman–Crippen LogP) is 3.21. The van der Waals surface area contributed by atoms with E-state index in [0.29, 0.717) is 24.4 Å². The van der Waals surface area contributed by atoms with Crippen LogP contribution in [0.25, 0.3) is 0 Å². The summed E-state index contributed by atoms with van der Waals surface area (Å²) in [7, 11) is 0. The average molecular weight is 386 g/mol. The number of carbonyl (C=O) groups is 3. The third kappa shape index (κ3) is 4.21. The number of nitrogens with zero attached hydrogens (tertiary/aromatic N) is 1. The summed E-state index contributed by atoms with van der Waals surface area (Å²) in [6.07, 6.45) is 4.61. The number of nitrogens with one attached hydrogen (secondary N) is 1. The van der Waals surface area contributed by atoms with Crippen molar-refractivity contribution in [1.82, 2.24) is 10.2 Å². The number of likely N-dealkylation sites (tertiary alicyclic amines) is 1. The zero-order chi connectivity index (χ0) is 20.5. The van der Waals surface area contributed by atoms with Gasteiger partial charge < -0.3 is 15.3 Å². The number of hydrogen-bond acceptors (Lipinski definition) is 3. The van der Waals surface area contributed by atoms with Crippen LogP contribution in [0.1, 0.15) is 68.8 Å². The third-order valence-corrected chi connectivity index (χ3v) is 5.94. The molecule has 2 amide bonds. The minimum atomic E-state index is -0.913. The summed E-state index contributed by atoms with van der Waals surface area (Å²) in [5, 5.41) is 12.5. The van der Waals surface area contributed by atoms with Gasteiger partial charge in [-0.3, -0.25) is 9.59 Å². The SMILES string of the molecule is CC(C)(C)C(=O)NCc1ccc(C(=O)N2C(C(=O)O)CC3CCCCC32)cc1. The maximum absolute atomic E-state index is 13.1. The molecule has 1 saturated heterocycles. The maximum Gasteiger partial charge on any atom is 0.326 e. The molecular formula is C22H30N2O4. The van der Waals surface area contributed by atoms with Crippen molar-refractivity contribution < 1.29 is 19.5 Å². The molecule has 1 aliphatic heterocycles. The second kappa shape index (κ2) is 7.94. The van der Waals surface area contributed by atoms with Gasteiger partial charge in [-0.05, 0) is 42.9 Å². The summed E-state index contributed by atoms with van der Waals surface area (Å²) in [4.78, 5) is 38.5. The monoisotopic (exact) mass is 386 g/mol. The van der Waals surface area contributed by atoms with Gasteiger partial charge in [0.15, 0.2) is 0 Å².